The lowest BCUT2D eigenvalue weighted by atomic mass is 10.0. The zero-order valence-electron chi connectivity index (χ0n) is 12.8. The Hall–Kier alpha value is -1.76. The Labute approximate surface area is 133 Å². The van der Waals surface area contributed by atoms with Crippen molar-refractivity contribution in [1.29, 1.82) is 0 Å². The molecule has 7 heteroatoms. The first-order valence-corrected chi connectivity index (χ1v) is 7.86. The fourth-order valence-corrected chi connectivity index (χ4v) is 3.28. The van der Waals surface area contributed by atoms with Crippen LogP contribution in [-0.2, 0) is 12.7 Å². The largest absolute Gasteiger partial charge is 0.416 e. The normalized spacial score (nSPS) is 20.8. The molecule has 1 aromatic rings. The smallest absolute Gasteiger partial charge is 0.336 e. The molecule has 2 amide bonds. The van der Waals surface area contributed by atoms with Crippen LogP contribution in [0.25, 0.3) is 0 Å². The Balaban J connectivity index is 1.51. The predicted molar refractivity (Wildman–Crippen MR) is 79.8 cm³/mol. The van der Waals surface area contributed by atoms with Crippen LogP contribution in [0.3, 0.4) is 0 Å². The molecule has 0 atom stereocenters. The van der Waals surface area contributed by atoms with Gasteiger partial charge in [0.05, 0.1) is 5.56 Å². The lowest BCUT2D eigenvalue weighted by Gasteiger charge is -2.36. The third-order valence-corrected chi connectivity index (χ3v) is 4.58. The molecule has 0 saturated carbocycles. The standard InChI is InChI=1S/C16H20F3N3O/c17-16(18,19)13-3-1-12(2-4-13)11-21-8-5-14(6-9-21)22-10-7-20-15(22)23/h1-4,14H,5-11H2,(H,20,23). The summed E-state index contributed by atoms with van der Waals surface area (Å²) in [6.45, 7) is 3.84. The van der Waals surface area contributed by atoms with E-state index in [0.717, 1.165) is 50.2 Å². The van der Waals surface area contributed by atoms with Crippen molar-refractivity contribution in [1.82, 2.24) is 15.1 Å². The van der Waals surface area contributed by atoms with E-state index in [1.54, 1.807) is 12.1 Å². The van der Waals surface area contributed by atoms with E-state index in [9.17, 15) is 18.0 Å². The van der Waals surface area contributed by atoms with Gasteiger partial charge >= 0.3 is 12.2 Å². The number of likely N-dealkylation sites (tertiary alicyclic amines) is 1. The summed E-state index contributed by atoms with van der Waals surface area (Å²) in [5, 5.41) is 2.82. The highest BCUT2D eigenvalue weighted by molar-refractivity contribution is 5.76. The number of halogens is 3. The predicted octanol–water partition coefficient (Wildman–Crippen LogP) is 2.70. The molecule has 0 spiro atoms. The van der Waals surface area contributed by atoms with E-state index in [0.29, 0.717) is 13.1 Å². The number of carbonyl (C=O) groups excluding carboxylic acids is 1. The van der Waals surface area contributed by atoms with E-state index in [1.165, 1.54) is 0 Å². The molecule has 0 bridgehead atoms. The van der Waals surface area contributed by atoms with Crippen LogP contribution in [0, 0.1) is 0 Å². The van der Waals surface area contributed by atoms with Crippen molar-refractivity contribution in [2.75, 3.05) is 26.2 Å². The van der Waals surface area contributed by atoms with E-state index in [2.05, 4.69) is 10.2 Å². The van der Waals surface area contributed by atoms with Gasteiger partial charge in [0.15, 0.2) is 0 Å². The number of nitrogens with zero attached hydrogens (tertiary/aromatic N) is 2. The number of piperidine rings is 1. The number of carbonyl (C=O) groups is 1. The summed E-state index contributed by atoms with van der Waals surface area (Å²) in [5.41, 5.74) is 0.273. The SMILES string of the molecule is O=C1NCCN1C1CCN(Cc2ccc(C(F)(F)F)cc2)CC1. The average molecular weight is 327 g/mol. The maximum Gasteiger partial charge on any atom is 0.416 e. The zero-order chi connectivity index (χ0) is 16.4. The molecule has 4 nitrogen and oxygen atoms in total. The van der Waals surface area contributed by atoms with E-state index in [4.69, 9.17) is 0 Å². The summed E-state index contributed by atoms with van der Waals surface area (Å²) < 4.78 is 37.7. The van der Waals surface area contributed by atoms with Crippen molar-refractivity contribution >= 4 is 6.03 Å². The van der Waals surface area contributed by atoms with Gasteiger partial charge in [0.25, 0.3) is 0 Å². The minimum absolute atomic E-state index is 0.0196. The van der Waals surface area contributed by atoms with Gasteiger partial charge in [0.1, 0.15) is 0 Å². The topological polar surface area (TPSA) is 35.6 Å². The summed E-state index contributed by atoms with van der Waals surface area (Å²) in [4.78, 5) is 15.8. The molecule has 0 aromatic heterocycles. The molecule has 23 heavy (non-hydrogen) atoms. The molecule has 0 unspecified atom stereocenters. The summed E-state index contributed by atoms with van der Waals surface area (Å²) in [6.07, 6.45) is -2.46. The fourth-order valence-electron chi connectivity index (χ4n) is 3.28. The van der Waals surface area contributed by atoms with Gasteiger partial charge in [-0.15, -0.1) is 0 Å². The summed E-state index contributed by atoms with van der Waals surface area (Å²) in [7, 11) is 0. The van der Waals surface area contributed by atoms with Crippen molar-refractivity contribution in [2.45, 2.75) is 31.6 Å². The molecule has 2 saturated heterocycles. The van der Waals surface area contributed by atoms with Gasteiger partial charge in [-0.05, 0) is 30.5 Å². The summed E-state index contributed by atoms with van der Waals surface area (Å²) in [5.74, 6) is 0. The average Bonchev–Trinajstić information content (AvgIpc) is 2.94. The summed E-state index contributed by atoms with van der Waals surface area (Å²) >= 11 is 0. The molecule has 0 aliphatic carbocycles. The molecule has 1 aromatic carbocycles. The Morgan fingerprint density at radius 2 is 1.74 bits per heavy atom. The van der Waals surface area contributed by atoms with Gasteiger partial charge in [0.2, 0.25) is 0 Å². The minimum Gasteiger partial charge on any atom is -0.336 e. The highest BCUT2D eigenvalue weighted by Crippen LogP contribution is 2.29. The van der Waals surface area contributed by atoms with Crippen molar-refractivity contribution < 1.29 is 18.0 Å². The molecule has 0 radical (unpaired) electrons. The van der Waals surface area contributed by atoms with Gasteiger partial charge in [-0.25, -0.2) is 4.79 Å². The van der Waals surface area contributed by atoms with Crippen LogP contribution in [0.4, 0.5) is 18.0 Å². The second-order valence-electron chi connectivity index (χ2n) is 6.13. The summed E-state index contributed by atoms with van der Waals surface area (Å²) in [6, 6.07) is 5.66. The second kappa shape index (κ2) is 6.39. The van der Waals surface area contributed by atoms with Crippen LogP contribution in [-0.4, -0.2) is 48.1 Å². The van der Waals surface area contributed by atoms with Gasteiger partial charge in [-0.1, -0.05) is 12.1 Å². The molecule has 2 aliphatic rings. The maximum absolute atomic E-state index is 12.6. The quantitative estimate of drug-likeness (QED) is 0.926. The number of alkyl halides is 3. The molecular formula is C16H20F3N3O. The van der Waals surface area contributed by atoms with E-state index in [1.807, 2.05) is 4.90 Å². The van der Waals surface area contributed by atoms with Gasteiger partial charge < -0.3 is 10.2 Å². The van der Waals surface area contributed by atoms with Crippen LogP contribution in [0.2, 0.25) is 0 Å². The first-order chi connectivity index (χ1) is 10.9. The fraction of sp³-hybridized carbons (Fsp3) is 0.562. The highest BCUT2D eigenvalue weighted by atomic mass is 19.4. The van der Waals surface area contributed by atoms with Gasteiger partial charge in [-0.3, -0.25) is 4.90 Å². The highest BCUT2D eigenvalue weighted by Gasteiger charge is 2.31. The van der Waals surface area contributed by atoms with Crippen LogP contribution < -0.4 is 5.32 Å². The van der Waals surface area contributed by atoms with E-state index in [-0.39, 0.29) is 12.1 Å². The number of amides is 2. The van der Waals surface area contributed by atoms with Gasteiger partial charge in [0, 0.05) is 38.8 Å². The van der Waals surface area contributed by atoms with Crippen molar-refractivity contribution in [3.8, 4) is 0 Å². The van der Waals surface area contributed by atoms with Crippen molar-refractivity contribution in [3.05, 3.63) is 35.4 Å². The zero-order valence-corrected chi connectivity index (χ0v) is 12.8. The molecule has 126 valence electrons. The third-order valence-electron chi connectivity index (χ3n) is 4.58. The number of hydrogen-bond acceptors (Lipinski definition) is 2. The van der Waals surface area contributed by atoms with E-state index < -0.39 is 11.7 Å². The lowest BCUT2D eigenvalue weighted by molar-refractivity contribution is -0.137. The maximum atomic E-state index is 12.6. The molecule has 3 rings (SSSR count). The number of urea groups is 1. The molecule has 2 aliphatic heterocycles. The first kappa shape index (κ1) is 16.1. The molecule has 2 fully saturated rings. The van der Waals surface area contributed by atoms with Crippen molar-refractivity contribution in [3.63, 3.8) is 0 Å². The van der Waals surface area contributed by atoms with Crippen LogP contribution >= 0.6 is 0 Å². The number of hydrogen-bond donors (Lipinski definition) is 1. The second-order valence-corrected chi connectivity index (χ2v) is 6.13. The minimum atomic E-state index is -4.28. The van der Waals surface area contributed by atoms with Crippen LogP contribution in [0.5, 0.6) is 0 Å². The third kappa shape index (κ3) is 3.77. The number of benzene rings is 1. The molecule has 1 N–H and O–H groups in total. The Bertz CT molecular complexity index is 551. The van der Waals surface area contributed by atoms with Crippen molar-refractivity contribution in [2.24, 2.45) is 0 Å². The number of nitrogens with one attached hydrogen (secondary N) is 1. The van der Waals surface area contributed by atoms with Crippen LogP contribution in [0.15, 0.2) is 24.3 Å². The Kier molecular flexibility index (Phi) is 4.48. The number of rotatable bonds is 3. The molecular weight excluding hydrogens is 307 g/mol. The van der Waals surface area contributed by atoms with Gasteiger partial charge in [-0.2, -0.15) is 13.2 Å². The lowest BCUT2D eigenvalue weighted by Crippen LogP contribution is -2.45. The monoisotopic (exact) mass is 327 g/mol. The molecule has 2 heterocycles. The van der Waals surface area contributed by atoms with E-state index >= 15 is 0 Å². The first-order valence-electron chi connectivity index (χ1n) is 7.86. The Morgan fingerprint density at radius 1 is 1.09 bits per heavy atom. The Morgan fingerprint density at radius 3 is 2.26 bits per heavy atom. The van der Waals surface area contributed by atoms with Crippen LogP contribution in [0.1, 0.15) is 24.0 Å².